The van der Waals surface area contributed by atoms with Crippen LogP contribution < -0.4 is 11.1 Å². The SMILES string of the molecule is C=Cc1cccc2c1C(=C)c1nc3ccc(C=O)cc3nc1-2.CNCc1ccc(CN)cc1.O=Cc1ccc2nc3c(nc2c1)-c1cccc2cccc-3c12. The van der Waals surface area contributed by atoms with Crippen LogP contribution in [0.3, 0.4) is 0 Å². The number of benzene rings is 6. The van der Waals surface area contributed by atoms with Gasteiger partial charge in [0.1, 0.15) is 12.6 Å². The van der Waals surface area contributed by atoms with E-state index in [0.717, 1.165) is 91.8 Å². The molecular weight excluding hydrogens is 681 g/mol. The maximum absolute atomic E-state index is 11.0. The lowest BCUT2D eigenvalue weighted by Crippen LogP contribution is -2.05. The predicted octanol–water partition coefficient (Wildman–Crippen LogP) is 9.23. The monoisotopic (exact) mass is 716 g/mol. The van der Waals surface area contributed by atoms with Gasteiger partial charge in [-0.05, 0) is 71.1 Å². The average Bonchev–Trinajstić information content (AvgIpc) is 3.70. The summed E-state index contributed by atoms with van der Waals surface area (Å²) in [6.45, 7) is 9.59. The molecule has 0 bridgehead atoms. The van der Waals surface area contributed by atoms with Gasteiger partial charge in [-0.2, -0.15) is 0 Å². The van der Waals surface area contributed by atoms with Crippen LogP contribution in [0.2, 0.25) is 0 Å². The maximum atomic E-state index is 11.0. The summed E-state index contributed by atoms with van der Waals surface area (Å²) in [7, 11) is 1.94. The Hall–Kier alpha value is -7.00. The van der Waals surface area contributed by atoms with Gasteiger partial charge in [-0.15, -0.1) is 0 Å². The quantitative estimate of drug-likeness (QED) is 0.163. The van der Waals surface area contributed by atoms with Gasteiger partial charge in [0.2, 0.25) is 0 Å². The number of aromatic nitrogens is 4. The van der Waals surface area contributed by atoms with Crippen molar-refractivity contribution in [3.63, 3.8) is 0 Å². The van der Waals surface area contributed by atoms with E-state index in [0.29, 0.717) is 23.2 Å². The molecule has 0 atom stereocenters. The second-order valence-corrected chi connectivity index (χ2v) is 13.3. The zero-order valence-electron chi connectivity index (χ0n) is 30.2. The van der Waals surface area contributed by atoms with E-state index in [1.165, 1.54) is 21.9 Å². The van der Waals surface area contributed by atoms with Crippen LogP contribution in [0.4, 0.5) is 0 Å². The Morgan fingerprint density at radius 2 is 1.13 bits per heavy atom. The number of rotatable bonds is 6. The fourth-order valence-corrected chi connectivity index (χ4v) is 7.19. The van der Waals surface area contributed by atoms with Gasteiger partial charge < -0.3 is 11.1 Å². The Morgan fingerprint density at radius 1 is 0.618 bits per heavy atom. The Bertz CT molecular complexity index is 2840. The number of nitrogens with zero attached hydrogens (tertiary/aromatic N) is 4. The van der Waals surface area contributed by atoms with Crippen LogP contribution in [-0.4, -0.2) is 39.6 Å². The van der Waals surface area contributed by atoms with Crippen molar-refractivity contribution < 1.29 is 9.59 Å². The number of fused-ring (bicyclic) bond motifs is 8. The van der Waals surface area contributed by atoms with Crippen LogP contribution in [0.25, 0.3) is 78.3 Å². The van der Waals surface area contributed by atoms with Crippen molar-refractivity contribution >= 4 is 57.1 Å². The van der Waals surface area contributed by atoms with E-state index in [1.807, 2.05) is 49.5 Å². The molecule has 2 heterocycles. The van der Waals surface area contributed by atoms with Crippen LogP contribution >= 0.6 is 0 Å². The summed E-state index contributed by atoms with van der Waals surface area (Å²) >= 11 is 0. The van der Waals surface area contributed by atoms with Crippen LogP contribution in [0.5, 0.6) is 0 Å². The number of hydrogen-bond donors (Lipinski definition) is 2. The summed E-state index contributed by atoms with van der Waals surface area (Å²) in [5.41, 5.74) is 21.9. The van der Waals surface area contributed by atoms with Crippen molar-refractivity contribution in [2.75, 3.05) is 7.05 Å². The van der Waals surface area contributed by atoms with E-state index < -0.39 is 0 Å². The lowest BCUT2D eigenvalue weighted by Gasteiger charge is -2.04. The van der Waals surface area contributed by atoms with Crippen molar-refractivity contribution in [2.24, 2.45) is 5.73 Å². The van der Waals surface area contributed by atoms with E-state index in [4.69, 9.17) is 25.7 Å². The second kappa shape index (κ2) is 14.8. The molecule has 2 aliphatic carbocycles. The first-order valence-electron chi connectivity index (χ1n) is 17.9. The van der Waals surface area contributed by atoms with Crippen LogP contribution in [0.15, 0.2) is 128 Å². The summed E-state index contributed by atoms with van der Waals surface area (Å²) < 4.78 is 0. The van der Waals surface area contributed by atoms with Gasteiger partial charge in [0, 0.05) is 51.9 Å². The minimum Gasteiger partial charge on any atom is -0.326 e. The van der Waals surface area contributed by atoms with Crippen molar-refractivity contribution in [1.82, 2.24) is 25.3 Å². The minimum atomic E-state index is 0.596. The molecule has 266 valence electrons. The van der Waals surface area contributed by atoms with Gasteiger partial charge in [0.25, 0.3) is 0 Å². The fraction of sp³-hybridized carbons (Fsp3) is 0.0638. The highest BCUT2D eigenvalue weighted by Gasteiger charge is 2.27. The molecule has 6 aromatic carbocycles. The summed E-state index contributed by atoms with van der Waals surface area (Å²) in [6, 6.07) is 37.6. The van der Waals surface area contributed by atoms with Crippen molar-refractivity contribution in [3.8, 4) is 33.8 Å². The highest BCUT2D eigenvalue weighted by atomic mass is 16.1. The minimum absolute atomic E-state index is 0.596. The van der Waals surface area contributed by atoms with E-state index in [-0.39, 0.29) is 0 Å². The molecule has 2 aromatic heterocycles. The van der Waals surface area contributed by atoms with Gasteiger partial charge in [-0.3, -0.25) is 9.59 Å². The first-order valence-corrected chi connectivity index (χ1v) is 17.9. The maximum Gasteiger partial charge on any atom is 0.150 e. The van der Waals surface area contributed by atoms with Crippen LogP contribution in [0.1, 0.15) is 48.7 Å². The Kier molecular flexibility index (Phi) is 9.43. The number of carbonyl (C=O) groups excluding carboxylic acids is 2. The highest BCUT2D eigenvalue weighted by Crippen LogP contribution is 2.46. The molecular formula is C47H36N6O2. The molecule has 3 N–H and O–H groups in total. The molecule has 10 rings (SSSR count). The van der Waals surface area contributed by atoms with Crippen molar-refractivity contribution in [1.29, 1.82) is 0 Å². The molecule has 2 aliphatic rings. The lowest BCUT2D eigenvalue weighted by atomic mass is 10.0. The number of carbonyl (C=O) groups is 2. The molecule has 8 heteroatoms. The topological polar surface area (TPSA) is 124 Å². The Morgan fingerprint density at radius 3 is 1.67 bits per heavy atom. The predicted molar refractivity (Wildman–Crippen MR) is 223 cm³/mol. The van der Waals surface area contributed by atoms with Crippen LogP contribution in [0, 0.1) is 0 Å². The zero-order valence-corrected chi connectivity index (χ0v) is 30.2. The average molecular weight is 717 g/mol. The van der Waals surface area contributed by atoms with Gasteiger partial charge in [-0.1, -0.05) is 98.1 Å². The van der Waals surface area contributed by atoms with Gasteiger partial charge in [0.15, 0.2) is 0 Å². The third kappa shape index (κ3) is 6.39. The number of nitrogens with one attached hydrogen (secondary N) is 1. The van der Waals surface area contributed by atoms with Crippen molar-refractivity contribution in [2.45, 2.75) is 13.1 Å². The molecule has 0 spiro atoms. The molecule has 0 saturated heterocycles. The zero-order chi connectivity index (χ0) is 38.1. The molecule has 0 fully saturated rings. The molecule has 0 saturated carbocycles. The van der Waals surface area contributed by atoms with E-state index in [2.05, 4.69) is 73.1 Å². The summed E-state index contributed by atoms with van der Waals surface area (Å²) in [6.07, 6.45) is 3.47. The van der Waals surface area contributed by atoms with E-state index >= 15 is 0 Å². The first-order chi connectivity index (χ1) is 26.9. The molecule has 8 aromatic rings. The van der Waals surface area contributed by atoms with Crippen LogP contribution in [-0.2, 0) is 13.1 Å². The number of aldehydes is 2. The smallest absolute Gasteiger partial charge is 0.150 e. The lowest BCUT2D eigenvalue weighted by molar-refractivity contribution is 0.111. The molecule has 0 unspecified atom stereocenters. The van der Waals surface area contributed by atoms with E-state index in [9.17, 15) is 9.59 Å². The van der Waals surface area contributed by atoms with Gasteiger partial charge >= 0.3 is 0 Å². The normalized spacial score (nSPS) is 11.6. The van der Waals surface area contributed by atoms with Crippen molar-refractivity contribution in [3.05, 3.63) is 167 Å². The third-order valence-corrected chi connectivity index (χ3v) is 9.86. The fourth-order valence-electron chi connectivity index (χ4n) is 7.19. The number of nitrogens with two attached hydrogens (primary N) is 1. The Labute approximate surface area is 318 Å². The summed E-state index contributed by atoms with van der Waals surface area (Å²) in [4.78, 5) is 40.9. The molecule has 0 aliphatic heterocycles. The molecule has 0 radical (unpaired) electrons. The Balaban J connectivity index is 0.000000124. The first kappa shape index (κ1) is 35.1. The highest BCUT2D eigenvalue weighted by molar-refractivity contribution is 6.14. The summed E-state index contributed by atoms with van der Waals surface area (Å²) in [5.74, 6) is 0. The number of hydrogen-bond acceptors (Lipinski definition) is 8. The molecule has 55 heavy (non-hydrogen) atoms. The third-order valence-electron chi connectivity index (χ3n) is 9.86. The summed E-state index contributed by atoms with van der Waals surface area (Å²) in [5, 5.41) is 5.51. The van der Waals surface area contributed by atoms with Gasteiger partial charge in [0.05, 0.1) is 44.8 Å². The molecule has 0 amide bonds. The second-order valence-electron chi connectivity index (χ2n) is 13.3. The standard InChI is InChI=1S/C19H10N2O.C19H12N2O.C9H14N2/c22-10-11-7-8-15-16(9-11)21-19-14-6-2-4-12-3-1-5-13(17(12)14)18(19)20-15;1-3-13-5-4-6-14-17(13)11(2)18-19(14)21-16-9-12(10-22)7-8-15(16)20-18;1-11-7-9-4-2-8(6-10)3-5-9/h1-10H;3-10H,1-2H2;2-5,11H,6-7,10H2,1H3. The van der Waals surface area contributed by atoms with E-state index in [1.54, 1.807) is 24.3 Å². The molecule has 8 nitrogen and oxygen atoms in total. The van der Waals surface area contributed by atoms with Gasteiger partial charge in [-0.25, -0.2) is 19.9 Å². The largest absolute Gasteiger partial charge is 0.326 e.